The third-order valence-electron chi connectivity index (χ3n) is 8.00. The van der Waals surface area contributed by atoms with Gasteiger partial charge in [0.25, 0.3) is 0 Å². The minimum absolute atomic E-state index is 0.0104. The molecule has 0 amide bonds. The molecule has 0 aromatic heterocycles. The second-order valence-electron chi connectivity index (χ2n) is 9.64. The Hall–Kier alpha value is -1.96. The lowest BCUT2D eigenvalue weighted by atomic mass is 9.49. The lowest BCUT2D eigenvalue weighted by Gasteiger charge is -2.58. The molecule has 2 aliphatic carbocycles. The largest absolute Gasteiger partial charge is 0.461 e. The van der Waals surface area contributed by atoms with Gasteiger partial charge in [-0.3, -0.25) is 4.79 Å². The maximum Gasteiger partial charge on any atom is 0.338 e. The molecule has 34 heavy (non-hydrogen) atoms. The number of carbonyl (C=O) groups is 2. The minimum atomic E-state index is -1.80. The Morgan fingerprint density at radius 3 is 2.53 bits per heavy atom. The van der Waals surface area contributed by atoms with Gasteiger partial charge < -0.3 is 44.5 Å². The van der Waals surface area contributed by atoms with Crippen molar-refractivity contribution < 1.29 is 54.1 Å². The third kappa shape index (κ3) is 3.06. The van der Waals surface area contributed by atoms with Crippen molar-refractivity contribution >= 4 is 11.8 Å². The average molecular weight is 480 g/mol. The average Bonchev–Trinajstić information content (AvgIpc) is 3.10. The van der Waals surface area contributed by atoms with Crippen LogP contribution in [0.5, 0.6) is 0 Å². The lowest BCUT2D eigenvalue weighted by molar-refractivity contribution is -0.397. The first-order chi connectivity index (χ1) is 16.1. The highest BCUT2D eigenvalue weighted by molar-refractivity contribution is 5.90. The van der Waals surface area contributed by atoms with Gasteiger partial charge >= 0.3 is 5.97 Å². The summed E-state index contributed by atoms with van der Waals surface area (Å²) in [5.74, 6) is -3.13. The Morgan fingerprint density at radius 1 is 1.15 bits per heavy atom. The van der Waals surface area contributed by atoms with Gasteiger partial charge in [0, 0.05) is 12.3 Å². The van der Waals surface area contributed by atoms with E-state index in [1.807, 2.05) is 0 Å². The molecule has 5 N–H and O–H groups in total. The van der Waals surface area contributed by atoms with Crippen molar-refractivity contribution in [1.82, 2.24) is 0 Å². The molecular weight excluding hydrogens is 452 g/mol. The SMILES string of the molecule is CC1(OC2OC(CO)C(O)C(O)C2O)OC2CC(=O)C3CC1(O)C23COC(=O)c1ccccc1. The van der Waals surface area contributed by atoms with Gasteiger partial charge in [-0.15, -0.1) is 0 Å². The second-order valence-corrected chi connectivity index (χ2v) is 9.64. The maximum atomic E-state index is 12.6. The summed E-state index contributed by atoms with van der Waals surface area (Å²) in [6.07, 6.45) is -8.56. The summed E-state index contributed by atoms with van der Waals surface area (Å²) in [6.45, 7) is 0.491. The lowest BCUT2D eigenvalue weighted by Crippen LogP contribution is -2.73. The predicted octanol–water partition coefficient (Wildman–Crippen LogP) is -1.51. The van der Waals surface area contributed by atoms with Crippen LogP contribution in [0.2, 0.25) is 0 Å². The quantitative estimate of drug-likeness (QED) is 0.300. The van der Waals surface area contributed by atoms with Gasteiger partial charge in [0.2, 0.25) is 0 Å². The van der Waals surface area contributed by atoms with Crippen LogP contribution in [0.4, 0.5) is 0 Å². The zero-order chi connectivity index (χ0) is 24.5. The van der Waals surface area contributed by atoms with E-state index in [-0.39, 0.29) is 25.2 Å². The number of esters is 1. The van der Waals surface area contributed by atoms with E-state index in [1.54, 1.807) is 30.3 Å². The normalized spacial score (nSPS) is 47.2. The molecule has 2 heterocycles. The number of rotatable bonds is 6. The Morgan fingerprint density at radius 2 is 1.85 bits per heavy atom. The first-order valence-corrected chi connectivity index (χ1v) is 11.2. The smallest absolute Gasteiger partial charge is 0.338 e. The fraction of sp³-hybridized carbons (Fsp3) is 0.652. The standard InChI is InChI=1S/C23H28O11/c1-21(34-20-18(28)17(27)16(26)14(9-24)32-20)23(30)8-12-13(25)7-15(33-21)22(12,23)10-31-19(29)11-5-3-2-4-6-11/h2-6,12,14-18,20,24,26-28,30H,7-10H2,1H3. The molecule has 2 aliphatic heterocycles. The second kappa shape index (κ2) is 8.04. The Kier molecular flexibility index (Phi) is 5.62. The Labute approximate surface area is 194 Å². The van der Waals surface area contributed by atoms with Crippen molar-refractivity contribution in [3.05, 3.63) is 35.9 Å². The van der Waals surface area contributed by atoms with Crippen LogP contribution in [0.3, 0.4) is 0 Å². The van der Waals surface area contributed by atoms with E-state index in [9.17, 15) is 35.1 Å². The number of hydrogen-bond donors (Lipinski definition) is 5. The monoisotopic (exact) mass is 480 g/mol. The molecule has 10 atom stereocenters. The number of Topliss-reactive ketones (excluding diaryl/α,β-unsaturated/α-hetero) is 1. The van der Waals surface area contributed by atoms with Crippen molar-refractivity contribution in [1.29, 1.82) is 0 Å². The fourth-order valence-electron chi connectivity index (χ4n) is 6.01. The van der Waals surface area contributed by atoms with Crippen molar-refractivity contribution in [3.63, 3.8) is 0 Å². The number of ketones is 1. The molecule has 0 bridgehead atoms. The van der Waals surface area contributed by atoms with Crippen molar-refractivity contribution in [3.8, 4) is 0 Å². The molecule has 1 aromatic carbocycles. The summed E-state index contributed by atoms with van der Waals surface area (Å²) in [7, 11) is 0. The summed E-state index contributed by atoms with van der Waals surface area (Å²) < 4.78 is 22.9. The van der Waals surface area contributed by atoms with Gasteiger partial charge in [-0.2, -0.15) is 0 Å². The van der Waals surface area contributed by atoms with Crippen molar-refractivity contribution in [2.75, 3.05) is 13.2 Å². The van der Waals surface area contributed by atoms with Crippen LogP contribution < -0.4 is 0 Å². The molecule has 5 rings (SSSR count). The van der Waals surface area contributed by atoms with E-state index in [2.05, 4.69) is 0 Å². The topological polar surface area (TPSA) is 172 Å². The van der Waals surface area contributed by atoms with Crippen LogP contribution in [0.15, 0.2) is 30.3 Å². The number of carbonyl (C=O) groups excluding carboxylic acids is 2. The predicted molar refractivity (Wildman–Crippen MR) is 110 cm³/mol. The number of benzene rings is 1. The molecule has 4 aliphatic rings. The Balaban J connectivity index is 1.39. The number of hydrogen-bond acceptors (Lipinski definition) is 11. The maximum absolute atomic E-state index is 12.6. The van der Waals surface area contributed by atoms with Gasteiger partial charge in [0.05, 0.1) is 23.7 Å². The summed E-state index contributed by atoms with van der Waals surface area (Å²) >= 11 is 0. The molecule has 2 saturated heterocycles. The van der Waals surface area contributed by atoms with E-state index in [1.165, 1.54) is 6.92 Å². The van der Waals surface area contributed by atoms with Crippen LogP contribution >= 0.6 is 0 Å². The zero-order valence-electron chi connectivity index (χ0n) is 18.4. The molecule has 186 valence electrons. The number of aliphatic hydroxyl groups excluding tert-OH is 4. The molecule has 11 heteroatoms. The summed E-state index contributed by atoms with van der Waals surface area (Å²) in [5, 5.41) is 51.7. The summed E-state index contributed by atoms with van der Waals surface area (Å²) in [5.41, 5.74) is -2.71. The van der Waals surface area contributed by atoms with Crippen LogP contribution in [0.25, 0.3) is 0 Å². The van der Waals surface area contributed by atoms with Crippen LogP contribution in [-0.4, -0.2) is 98.7 Å². The molecule has 10 unspecified atom stereocenters. The number of ether oxygens (including phenoxy) is 4. The third-order valence-corrected chi connectivity index (χ3v) is 8.00. The number of aliphatic hydroxyl groups is 5. The van der Waals surface area contributed by atoms with Crippen LogP contribution in [0, 0.1) is 11.3 Å². The first kappa shape index (κ1) is 23.8. The van der Waals surface area contributed by atoms with Crippen molar-refractivity contribution in [2.45, 2.75) is 68.0 Å². The zero-order valence-corrected chi connectivity index (χ0v) is 18.4. The molecule has 4 fully saturated rings. The van der Waals surface area contributed by atoms with Gasteiger partial charge in [-0.1, -0.05) is 18.2 Å². The van der Waals surface area contributed by atoms with Gasteiger partial charge in [-0.25, -0.2) is 4.79 Å². The van der Waals surface area contributed by atoms with Crippen molar-refractivity contribution in [2.24, 2.45) is 11.3 Å². The highest BCUT2D eigenvalue weighted by atomic mass is 16.8. The molecule has 11 nitrogen and oxygen atoms in total. The minimum Gasteiger partial charge on any atom is -0.461 e. The van der Waals surface area contributed by atoms with Crippen LogP contribution in [-0.2, 0) is 23.7 Å². The highest BCUT2D eigenvalue weighted by Crippen LogP contribution is 2.72. The summed E-state index contributed by atoms with van der Waals surface area (Å²) in [4.78, 5) is 25.1. The molecule has 1 aromatic rings. The molecule has 0 spiro atoms. The van der Waals surface area contributed by atoms with Gasteiger partial charge in [0.15, 0.2) is 12.1 Å². The Bertz CT molecular complexity index is 969. The fourth-order valence-corrected chi connectivity index (χ4v) is 6.01. The van der Waals surface area contributed by atoms with Gasteiger partial charge in [0.1, 0.15) is 42.4 Å². The van der Waals surface area contributed by atoms with E-state index >= 15 is 0 Å². The van der Waals surface area contributed by atoms with Gasteiger partial charge in [-0.05, 0) is 25.5 Å². The molecule has 0 radical (unpaired) electrons. The van der Waals surface area contributed by atoms with E-state index in [0.29, 0.717) is 5.56 Å². The van der Waals surface area contributed by atoms with E-state index in [0.717, 1.165) is 0 Å². The molecular formula is C23H28O11. The van der Waals surface area contributed by atoms with E-state index < -0.39 is 72.1 Å². The van der Waals surface area contributed by atoms with Crippen LogP contribution in [0.1, 0.15) is 30.1 Å². The molecule has 2 saturated carbocycles. The first-order valence-electron chi connectivity index (χ1n) is 11.2. The summed E-state index contributed by atoms with van der Waals surface area (Å²) in [6, 6.07) is 8.30. The highest BCUT2D eigenvalue weighted by Gasteiger charge is 2.86. The van der Waals surface area contributed by atoms with E-state index in [4.69, 9.17) is 18.9 Å².